The summed E-state index contributed by atoms with van der Waals surface area (Å²) in [6.45, 7) is 5.03. The highest BCUT2D eigenvalue weighted by atomic mass is 14.4. The molecule has 0 radical (unpaired) electrons. The van der Waals surface area contributed by atoms with E-state index in [0.717, 1.165) is 0 Å². The third-order valence-corrected chi connectivity index (χ3v) is 0.627. The second kappa shape index (κ2) is 2.20. The van der Waals surface area contributed by atoms with Gasteiger partial charge in [-0.25, -0.2) is 0 Å². The quantitative estimate of drug-likeness (QED) is 0.372. The zero-order chi connectivity index (χ0) is 5.86. The molecule has 0 heterocycles. The molecule has 0 atom stereocenters. The van der Waals surface area contributed by atoms with Crippen molar-refractivity contribution in [3.8, 4) is 12.3 Å². The third kappa shape index (κ3) is 1.77. The molecule has 0 amide bonds. The second-order valence-corrected chi connectivity index (χ2v) is 1.25. The van der Waals surface area contributed by atoms with Gasteiger partial charge < -0.3 is 5.41 Å². The van der Waals surface area contributed by atoms with Gasteiger partial charge in [-0.1, -0.05) is 12.5 Å². The van der Waals surface area contributed by atoms with Crippen LogP contribution in [0.25, 0.3) is 0 Å². The van der Waals surface area contributed by atoms with E-state index in [0.29, 0.717) is 11.3 Å². The maximum Gasteiger partial charge on any atom is 0.0433 e. The summed E-state index contributed by atoms with van der Waals surface area (Å²) in [5.74, 6) is 2.25. The standard InChI is InChI=1S/C6H7N/c1-4-5(2)6(3)7/h1,7H,2H2,3H3. The molecule has 0 fully saturated rings. The summed E-state index contributed by atoms with van der Waals surface area (Å²) in [6.07, 6.45) is 4.88. The van der Waals surface area contributed by atoms with Gasteiger partial charge in [-0.3, -0.25) is 0 Å². The molecule has 36 valence electrons. The molecule has 0 aliphatic rings. The average Bonchev–Trinajstić information content (AvgIpc) is 1.65. The average molecular weight is 93.1 g/mol. The van der Waals surface area contributed by atoms with E-state index < -0.39 is 0 Å². The van der Waals surface area contributed by atoms with Gasteiger partial charge in [-0.15, -0.1) is 6.42 Å². The van der Waals surface area contributed by atoms with Gasteiger partial charge in [-0.2, -0.15) is 0 Å². The first-order valence-corrected chi connectivity index (χ1v) is 1.89. The van der Waals surface area contributed by atoms with Crippen LogP contribution in [0, 0.1) is 17.8 Å². The van der Waals surface area contributed by atoms with E-state index in [1.807, 2.05) is 0 Å². The number of terminal acetylenes is 1. The van der Waals surface area contributed by atoms with E-state index in [1.165, 1.54) is 0 Å². The molecule has 0 aromatic rings. The van der Waals surface area contributed by atoms with E-state index in [1.54, 1.807) is 6.92 Å². The lowest BCUT2D eigenvalue weighted by Gasteiger charge is -1.85. The Kier molecular flexibility index (Phi) is 1.87. The van der Waals surface area contributed by atoms with Crippen LogP contribution < -0.4 is 0 Å². The highest BCUT2D eigenvalue weighted by Crippen LogP contribution is 1.85. The topological polar surface area (TPSA) is 23.9 Å². The van der Waals surface area contributed by atoms with Crippen molar-refractivity contribution in [3.05, 3.63) is 12.2 Å². The SMILES string of the molecule is C#CC(=C)C(C)=N. The molecule has 0 spiro atoms. The Bertz CT molecular complexity index is 137. The molecule has 0 aromatic heterocycles. The lowest BCUT2D eigenvalue weighted by atomic mass is 10.2. The third-order valence-electron chi connectivity index (χ3n) is 0.627. The molecule has 0 saturated heterocycles. The summed E-state index contributed by atoms with van der Waals surface area (Å²) in [4.78, 5) is 0. The molecule has 0 unspecified atom stereocenters. The largest absolute Gasteiger partial charge is 0.304 e. The maximum atomic E-state index is 6.86. The lowest BCUT2D eigenvalue weighted by Crippen LogP contribution is -1.87. The number of rotatable bonds is 1. The molecule has 1 heteroatoms. The smallest absolute Gasteiger partial charge is 0.0433 e. The summed E-state index contributed by atoms with van der Waals surface area (Å²) < 4.78 is 0. The van der Waals surface area contributed by atoms with Gasteiger partial charge in [0.25, 0.3) is 0 Å². The predicted molar refractivity (Wildman–Crippen MR) is 31.4 cm³/mol. The minimum absolute atomic E-state index is 0.363. The van der Waals surface area contributed by atoms with E-state index in [-0.39, 0.29) is 0 Å². The number of hydrogen-bond acceptors (Lipinski definition) is 1. The van der Waals surface area contributed by atoms with Crippen molar-refractivity contribution in [2.45, 2.75) is 6.92 Å². The molecule has 0 saturated carbocycles. The Labute approximate surface area is 43.6 Å². The molecule has 7 heavy (non-hydrogen) atoms. The molecule has 1 N–H and O–H groups in total. The Balaban J connectivity index is 3.90. The summed E-state index contributed by atoms with van der Waals surface area (Å²) >= 11 is 0. The highest BCUT2D eigenvalue weighted by molar-refractivity contribution is 5.99. The van der Waals surface area contributed by atoms with Crippen LogP contribution in [0.15, 0.2) is 12.2 Å². The zero-order valence-corrected chi connectivity index (χ0v) is 4.28. The van der Waals surface area contributed by atoms with Gasteiger partial charge in [-0.05, 0) is 6.92 Å². The maximum absolute atomic E-state index is 6.86. The molecule has 0 aliphatic carbocycles. The highest BCUT2D eigenvalue weighted by Gasteiger charge is 1.85. The van der Waals surface area contributed by atoms with E-state index >= 15 is 0 Å². The van der Waals surface area contributed by atoms with Crippen molar-refractivity contribution >= 4 is 5.71 Å². The fourth-order valence-electron chi connectivity index (χ4n) is 0.108. The number of nitrogens with one attached hydrogen (secondary N) is 1. The van der Waals surface area contributed by atoms with Crippen molar-refractivity contribution in [1.29, 1.82) is 5.41 Å². The molecule has 0 rings (SSSR count). The molecule has 0 aromatic carbocycles. The van der Waals surface area contributed by atoms with E-state index in [9.17, 15) is 0 Å². The molecule has 0 bridgehead atoms. The minimum atomic E-state index is 0.363. The minimum Gasteiger partial charge on any atom is -0.304 e. The Morgan fingerprint density at radius 2 is 2.29 bits per heavy atom. The second-order valence-electron chi connectivity index (χ2n) is 1.25. The summed E-state index contributed by atoms with van der Waals surface area (Å²) in [7, 11) is 0. The molecular formula is C6H7N. The Morgan fingerprint density at radius 1 is 1.86 bits per heavy atom. The lowest BCUT2D eigenvalue weighted by molar-refractivity contribution is 1.48. The van der Waals surface area contributed by atoms with Crippen LogP contribution >= 0.6 is 0 Å². The summed E-state index contributed by atoms with van der Waals surface area (Å²) in [5, 5.41) is 6.86. The Morgan fingerprint density at radius 3 is 2.29 bits per heavy atom. The molecule has 1 nitrogen and oxygen atoms in total. The first-order valence-electron chi connectivity index (χ1n) is 1.89. The predicted octanol–water partition coefficient (Wildman–Crippen LogP) is 1.22. The van der Waals surface area contributed by atoms with Gasteiger partial charge in [0.05, 0.1) is 0 Å². The van der Waals surface area contributed by atoms with Gasteiger partial charge in [0.1, 0.15) is 0 Å². The van der Waals surface area contributed by atoms with Crippen molar-refractivity contribution in [2.24, 2.45) is 0 Å². The van der Waals surface area contributed by atoms with Crippen molar-refractivity contribution in [3.63, 3.8) is 0 Å². The molecule has 0 aliphatic heterocycles. The van der Waals surface area contributed by atoms with Crippen LogP contribution in [0.2, 0.25) is 0 Å². The Hall–Kier alpha value is -1.03. The summed E-state index contributed by atoms with van der Waals surface area (Å²) in [5.41, 5.74) is 0.822. The fourth-order valence-corrected chi connectivity index (χ4v) is 0.108. The van der Waals surface area contributed by atoms with Gasteiger partial charge in [0.15, 0.2) is 0 Å². The van der Waals surface area contributed by atoms with Crippen molar-refractivity contribution in [2.75, 3.05) is 0 Å². The van der Waals surface area contributed by atoms with Gasteiger partial charge in [0, 0.05) is 11.3 Å². The van der Waals surface area contributed by atoms with Crippen LogP contribution in [-0.4, -0.2) is 5.71 Å². The normalized spacial score (nSPS) is 6.86. The monoisotopic (exact) mass is 93.1 g/mol. The first-order chi connectivity index (χ1) is 3.18. The van der Waals surface area contributed by atoms with Crippen molar-refractivity contribution in [1.82, 2.24) is 0 Å². The van der Waals surface area contributed by atoms with Crippen molar-refractivity contribution < 1.29 is 0 Å². The van der Waals surface area contributed by atoms with Crippen LogP contribution in [0.5, 0.6) is 0 Å². The fraction of sp³-hybridized carbons (Fsp3) is 0.167. The first kappa shape index (κ1) is 5.97. The number of allylic oxidation sites excluding steroid dienone is 1. The van der Waals surface area contributed by atoms with E-state index in [4.69, 9.17) is 11.8 Å². The van der Waals surface area contributed by atoms with Crippen LogP contribution in [0.4, 0.5) is 0 Å². The number of hydrogen-bond donors (Lipinski definition) is 1. The zero-order valence-electron chi connectivity index (χ0n) is 4.28. The summed E-state index contributed by atoms with van der Waals surface area (Å²) in [6, 6.07) is 0. The van der Waals surface area contributed by atoms with E-state index in [2.05, 4.69) is 12.5 Å². The van der Waals surface area contributed by atoms with Crippen LogP contribution in [0.1, 0.15) is 6.92 Å². The molecular weight excluding hydrogens is 86.1 g/mol. The van der Waals surface area contributed by atoms with Gasteiger partial charge >= 0.3 is 0 Å². The van der Waals surface area contributed by atoms with Gasteiger partial charge in [0.2, 0.25) is 0 Å². The van der Waals surface area contributed by atoms with Crippen LogP contribution in [-0.2, 0) is 0 Å². The van der Waals surface area contributed by atoms with Crippen LogP contribution in [0.3, 0.4) is 0 Å².